The van der Waals surface area contributed by atoms with E-state index in [0.717, 1.165) is 23.3 Å². The van der Waals surface area contributed by atoms with Gasteiger partial charge in [-0.3, -0.25) is 23.1 Å². The number of Topliss-reactive ketones (excluding diaryl/α,β-unsaturated/α-hetero) is 1. The molecule has 10 heteroatoms. The summed E-state index contributed by atoms with van der Waals surface area (Å²) in [6.45, 7) is 8.23. The number of ketones is 1. The predicted octanol–water partition coefficient (Wildman–Crippen LogP) is 4.13. The van der Waals surface area contributed by atoms with Gasteiger partial charge in [-0.2, -0.15) is 0 Å². The summed E-state index contributed by atoms with van der Waals surface area (Å²) < 4.78 is 10.6. The number of aryl methyl sites for hydroxylation is 3. The molecule has 174 valence electrons. The molecule has 0 aliphatic heterocycles. The van der Waals surface area contributed by atoms with Gasteiger partial charge < -0.3 is 4.52 Å². The Labute approximate surface area is 199 Å². The molecule has 0 aliphatic carbocycles. The van der Waals surface area contributed by atoms with E-state index in [2.05, 4.69) is 15.4 Å². The Bertz CT molecular complexity index is 1610. The molecule has 0 atom stereocenters. The molecule has 0 radical (unpaired) electrons. The number of aromatic nitrogens is 6. The number of hydrogen-bond donors (Lipinski definition) is 0. The van der Waals surface area contributed by atoms with Crippen LogP contribution in [0.25, 0.3) is 22.5 Å². The van der Waals surface area contributed by atoms with E-state index in [0.29, 0.717) is 40.0 Å². The molecule has 0 amide bonds. The van der Waals surface area contributed by atoms with E-state index >= 15 is 0 Å². The zero-order valence-corrected chi connectivity index (χ0v) is 20.2. The maximum Gasteiger partial charge on any atom is 0.262 e. The highest BCUT2D eigenvalue weighted by molar-refractivity contribution is 7.99. The van der Waals surface area contributed by atoms with Crippen LogP contribution in [-0.4, -0.2) is 40.4 Å². The first-order valence-electron chi connectivity index (χ1n) is 11.1. The predicted molar refractivity (Wildman–Crippen MR) is 130 cm³/mol. The van der Waals surface area contributed by atoms with E-state index in [-0.39, 0.29) is 17.1 Å². The van der Waals surface area contributed by atoms with Gasteiger partial charge in [0.15, 0.2) is 16.8 Å². The van der Waals surface area contributed by atoms with Gasteiger partial charge in [0, 0.05) is 29.6 Å². The van der Waals surface area contributed by atoms with Crippen LogP contribution >= 0.6 is 11.8 Å². The number of nitrogens with zero attached hydrogens (tertiary/aromatic N) is 6. The first kappa shape index (κ1) is 22.1. The normalized spacial score (nSPS) is 11.6. The molecule has 0 bridgehead atoms. The number of hydrogen-bond acceptors (Lipinski definition) is 7. The lowest BCUT2D eigenvalue weighted by Crippen LogP contribution is -2.23. The monoisotopic (exact) mass is 476 g/mol. The van der Waals surface area contributed by atoms with Crippen LogP contribution in [0.4, 0.5) is 0 Å². The molecule has 5 rings (SSSR count). The first-order valence-corrected chi connectivity index (χ1v) is 12.0. The summed E-state index contributed by atoms with van der Waals surface area (Å²) in [5.74, 6) is 2.01. The van der Waals surface area contributed by atoms with Crippen LogP contribution in [0.15, 0.2) is 50.9 Å². The number of carbonyl (C=O) groups excluding carboxylic acids is 1. The van der Waals surface area contributed by atoms with Crippen molar-refractivity contribution < 1.29 is 9.32 Å². The first-order chi connectivity index (χ1) is 16.4. The van der Waals surface area contributed by atoms with Gasteiger partial charge in [0.2, 0.25) is 5.78 Å². The standard InChI is InChI=1S/C24H24N6O3S/c1-5-10-28-22(32)17-8-6-7-9-19(17)30-23(28)25-26-24(30)34-13-20(31)18-11-14(2)29(16(18)4)21-12-15(3)33-27-21/h6-9,11-12H,5,10,13H2,1-4H3. The SMILES string of the molecule is CCCn1c(=O)c2ccccc2n2c(SCC(=O)c3cc(C)n(-c4cc(C)on4)c3C)nnc12. The molecule has 0 aliphatic rings. The molecule has 1 aromatic carbocycles. The Morgan fingerprint density at radius 3 is 2.65 bits per heavy atom. The Morgan fingerprint density at radius 1 is 1.12 bits per heavy atom. The van der Waals surface area contributed by atoms with Gasteiger partial charge in [0.25, 0.3) is 5.56 Å². The summed E-state index contributed by atoms with van der Waals surface area (Å²) in [6.07, 6.45) is 0.794. The minimum Gasteiger partial charge on any atom is -0.360 e. The van der Waals surface area contributed by atoms with Crippen LogP contribution in [0.1, 0.15) is 40.9 Å². The minimum atomic E-state index is -0.0829. The van der Waals surface area contributed by atoms with Gasteiger partial charge in [-0.25, -0.2) is 0 Å². The lowest BCUT2D eigenvalue weighted by Gasteiger charge is -2.10. The molecule has 0 saturated heterocycles. The molecular weight excluding hydrogens is 452 g/mol. The number of thioether (sulfide) groups is 1. The van der Waals surface area contributed by atoms with Crippen molar-refractivity contribution >= 4 is 34.2 Å². The topological polar surface area (TPSA) is 100 Å². The van der Waals surface area contributed by atoms with Crippen LogP contribution in [0.5, 0.6) is 0 Å². The van der Waals surface area contributed by atoms with E-state index in [1.54, 1.807) is 4.57 Å². The lowest BCUT2D eigenvalue weighted by molar-refractivity contribution is 0.102. The van der Waals surface area contributed by atoms with Crippen LogP contribution in [0, 0.1) is 20.8 Å². The van der Waals surface area contributed by atoms with Gasteiger partial charge in [0.05, 0.1) is 16.7 Å². The highest BCUT2D eigenvalue weighted by atomic mass is 32.2. The van der Waals surface area contributed by atoms with Gasteiger partial charge in [-0.15, -0.1) is 10.2 Å². The summed E-state index contributed by atoms with van der Waals surface area (Å²) in [4.78, 5) is 26.2. The maximum atomic E-state index is 13.2. The molecule has 4 heterocycles. The molecule has 0 saturated carbocycles. The van der Waals surface area contributed by atoms with Crippen LogP contribution in [-0.2, 0) is 6.54 Å². The fourth-order valence-electron chi connectivity index (χ4n) is 4.32. The lowest BCUT2D eigenvalue weighted by atomic mass is 10.2. The third-order valence-corrected chi connectivity index (χ3v) is 6.76. The molecule has 0 fully saturated rings. The van der Waals surface area contributed by atoms with Crippen molar-refractivity contribution in [3.8, 4) is 5.82 Å². The molecule has 34 heavy (non-hydrogen) atoms. The Morgan fingerprint density at radius 2 is 1.91 bits per heavy atom. The second-order valence-corrected chi connectivity index (χ2v) is 9.16. The zero-order chi connectivity index (χ0) is 24.0. The van der Waals surface area contributed by atoms with E-state index in [1.165, 1.54) is 11.8 Å². The molecule has 5 aromatic rings. The van der Waals surface area contributed by atoms with Crippen molar-refractivity contribution in [2.24, 2.45) is 0 Å². The van der Waals surface area contributed by atoms with Crippen molar-refractivity contribution in [1.82, 2.24) is 28.9 Å². The van der Waals surface area contributed by atoms with Crippen molar-refractivity contribution in [3.63, 3.8) is 0 Å². The number of rotatable bonds is 7. The van der Waals surface area contributed by atoms with Crippen molar-refractivity contribution in [2.45, 2.75) is 45.8 Å². The van der Waals surface area contributed by atoms with Crippen LogP contribution < -0.4 is 5.56 Å². The van der Waals surface area contributed by atoms with Gasteiger partial charge >= 0.3 is 0 Å². The van der Waals surface area contributed by atoms with Crippen molar-refractivity contribution in [3.05, 3.63) is 69.5 Å². The van der Waals surface area contributed by atoms with Crippen molar-refractivity contribution in [1.29, 1.82) is 0 Å². The summed E-state index contributed by atoms with van der Waals surface area (Å²) in [7, 11) is 0. The molecule has 0 unspecified atom stereocenters. The number of benzene rings is 1. The molecule has 9 nitrogen and oxygen atoms in total. The fourth-order valence-corrected chi connectivity index (χ4v) is 5.14. The molecule has 0 spiro atoms. The fraction of sp³-hybridized carbons (Fsp3) is 0.292. The zero-order valence-electron chi connectivity index (χ0n) is 19.4. The molecule has 0 N–H and O–H groups in total. The smallest absolute Gasteiger partial charge is 0.262 e. The van der Waals surface area contributed by atoms with Gasteiger partial charge in [-0.05, 0) is 45.4 Å². The Balaban J connectivity index is 1.50. The summed E-state index contributed by atoms with van der Waals surface area (Å²) in [6, 6.07) is 11.1. The van der Waals surface area contributed by atoms with E-state index in [4.69, 9.17) is 4.52 Å². The number of para-hydroxylation sites is 1. The number of fused-ring (bicyclic) bond motifs is 3. The Hall–Kier alpha value is -3.66. The van der Waals surface area contributed by atoms with Crippen LogP contribution in [0.2, 0.25) is 0 Å². The molecule has 4 aromatic heterocycles. The Kier molecular flexibility index (Phi) is 5.60. The number of carbonyl (C=O) groups is 1. The van der Waals surface area contributed by atoms with Gasteiger partial charge in [0.1, 0.15) is 5.76 Å². The second kappa shape index (κ2) is 8.60. The van der Waals surface area contributed by atoms with Crippen LogP contribution in [0.3, 0.4) is 0 Å². The van der Waals surface area contributed by atoms with E-state index < -0.39 is 0 Å². The highest BCUT2D eigenvalue weighted by Gasteiger charge is 2.21. The largest absolute Gasteiger partial charge is 0.360 e. The minimum absolute atomic E-state index is 0.0208. The third kappa shape index (κ3) is 3.54. The summed E-state index contributed by atoms with van der Waals surface area (Å²) in [5, 5.41) is 13.9. The third-order valence-electron chi connectivity index (χ3n) is 5.83. The average Bonchev–Trinajstić information content (AvgIpc) is 3.52. The quantitative estimate of drug-likeness (QED) is 0.257. The van der Waals surface area contributed by atoms with Crippen molar-refractivity contribution in [2.75, 3.05) is 5.75 Å². The second-order valence-electron chi connectivity index (χ2n) is 8.22. The summed E-state index contributed by atoms with van der Waals surface area (Å²) in [5.41, 5.74) is 2.99. The highest BCUT2D eigenvalue weighted by Crippen LogP contribution is 2.25. The summed E-state index contributed by atoms with van der Waals surface area (Å²) >= 11 is 1.31. The van der Waals surface area contributed by atoms with E-state index in [1.807, 2.05) is 73.1 Å². The van der Waals surface area contributed by atoms with Gasteiger partial charge in [-0.1, -0.05) is 36.0 Å². The average molecular weight is 477 g/mol. The maximum absolute atomic E-state index is 13.2. The molecular formula is C24H24N6O3S. The van der Waals surface area contributed by atoms with E-state index in [9.17, 15) is 9.59 Å².